The van der Waals surface area contributed by atoms with Crippen LogP contribution < -0.4 is 5.73 Å². The van der Waals surface area contributed by atoms with Crippen LogP contribution in [0.15, 0.2) is 22.7 Å². The summed E-state index contributed by atoms with van der Waals surface area (Å²) in [6.07, 6.45) is 0. The first kappa shape index (κ1) is 10.5. The molecule has 78 valence electrons. The van der Waals surface area contributed by atoms with Crippen LogP contribution in [0.5, 0.6) is 0 Å². The molecule has 0 amide bonds. The molecular weight excluding hydrogens is 281 g/mol. The van der Waals surface area contributed by atoms with Crippen LogP contribution in [0.2, 0.25) is 5.02 Å². The highest BCUT2D eigenvalue weighted by Gasteiger charge is 2.16. The van der Waals surface area contributed by atoms with Crippen LogP contribution in [0, 0.1) is 0 Å². The van der Waals surface area contributed by atoms with Gasteiger partial charge in [0.05, 0.1) is 6.04 Å². The van der Waals surface area contributed by atoms with Gasteiger partial charge in [0.1, 0.15) is 0 Å². The number of halogens is 2. The summed E-state index contributed by atoms with van der Waals surface area (Å²) in [7, 11) is 0. The Hall–Kier alpha value is -0.980. The van der Waals surface area contributed by atoms with Gasteiger partial charge >= 0.3 is 0 Å². The minimum Gasteiger partial charge on any atom is -0.317 e. The molecule has 2 aromatic rings. The van der Waals surface area contributed by atoms with Crippen LogP contribution in [-0.2, 0) is 0 Å². The zero-order chi connectivity index (χ0) is 10.8. The van der Waals surface area contributed by atoms with Crippen molar-refractivity contribution in [1.82, 2.24) is 20.6 Å². The lowest BCUT2D eigenvalue weighted by atomic mass is 10.1. The zero-order valence-electron chi connectivity index (χ0n) is 7.48. The highest BCUT2D eigenvalue weighted by molar-refractivity contribution is 9.10. The Balaban J connectivity index is 2.38. The van der Waals surface area contributed by atoms with Gasteiger partial charge in [0, 0.05) is 9.50 Å². The Labute approximate surface area is 99.1 Å². The molecule has 1 atom stereocenters. The number of nitrogens with two attached hydrogens (primary N) is 1. The van der Waals surface area contributed by atoms with Crippen molar-refractivity contribution in [2.45, 2.75) is 6.04 Å². The first-order valence-corrected chi connectivity index (χ1v) is 5.29. The minimum absolute atomic E-state index is 0.416. The summed E-state index contributed by atoms with van der Waals surface area (Å²) in [5.74, 6) is 0.416. The van der Waals surface area contributed by atoms with E-state index in [1.165, 1.54) is 0 Å². The van der Waals surface area contributed by atoms with Crippen molar-refractivity contribution in [3.8, 4) is 0 Å². The number of nitrogens with one attached hydrogen (secondary N) is 1. The second kappa shape index (κ2) is 4.26. The van der Waals surface area contributed by atoms with E-state index in [4.69, 9.17) is 17.3 Å². The number of aromatic nitrogens is 4. The maximum absolute atomic E-state index is 6.05. The molecule has 0 aliphatic rings. The lowest BCUT2D eigenvalue weighted by molar-refractivity contribution is 0.785. The van der Waals surface area contributed by atoms with Crippen LogP contribution in [0.1, 0.15) is 17.4 Å². The minimum atomic E-state index is -0.468. The fraction of sp³-hybridized carbons (Fsp3) is 0.125. The number of rotatable bonds is 2. The largest absolute Gasteiger partial charge is 0.317 e. The van der Waals surface area contributed by atoms with E-state index in [0.717, 1.165) is 10.0 Å². The molecule has 0 saturated heterocycles. The standard InChI is InChI=1S/C8H7BrClN5/c9-4-1-2-5(6(10)3-4)7(11)8-12-14-15-13-8/h1-3,7H,11H2,(H,12,13,14,15). The third kappa shape index (κ3) is 2.17. The van der Waals surface area contributed by atoms with Crippen molar-refractivity contribution in [3.63, 3.8) is 0 Å². The van der Waals surface area contributed by atoms with E-state index in [1.807, 2.05) is 12.1 Å². The predicted molar refractivity (Wildman–Crippen MR) is 59.4 cm³/mol. The van der Waals surface area contributed by atoms with Crippen molar-refractivity contribution in [2.75, 3.05) is 0 Å². The number of tetrazole rings is 1. The van der Waals surface area contributed by atoms with E-state index in [0.29, 0.717) is 10.8 Å². The van der Waals surface area contributed by atoms with Crippen molar-refractivity contribution < 1.29 is 0 Å². The number of H-pyrrole nitrogens is 1. The summed E-state index contributed by atoms with van der Waals surface area (Å²) in [4.78, 5) is 0. The van der Waals surface area contributed by atoms with Gasteiger partial charge in [-0.3, -0.25) is 0 Å². The van der Waals surface area contributed by atoms with Crippen LogP contribution in [0.4, 0.5) is 0 Å². The molecule has 0 radical (unpaired) electrons. The van der Waals surface area contributed by atoms with Gasteiger partial charge in [0.25, 0.3) is 0 Å². The van der Waals surface area contributed by atoms with Gasteiger partial charge < -0.3 is 5.73 Å². The Kier molecular flexibility index (Phi) is 2.99. The summed E-state index contributed by atoms with van der Waals surface area (Å²) < 4.78 is 0.900. The Bertz CT molecular complexity index is 458. The second-order valence-corrected chi connectivity index (χ2v) is 4.24. The molecule has 0 fully saturated rings. The number of aromatic amines is 1. The van der Waals surface area contributed by atoms with Crippen LogP contribution in [-0.4, -0.2) is 20.6 Å². The normalized spacial score (nSPS) is 12.7. The number of hydrogen-bond acceptors (Lipinski definition) is 4. The van der Waals surface area contributed by atoms with Gasteiger partial charge in [0.2, 0.25) is 0 Å². The van der Waals surface area contributed by atoms with Gasteiger partial charge in [-0.25, -0.2) is 0 Å². The highest BCUT2D eigenvalue weighted by atomic mass is 79.9. The molecule has 1 heterocycles. The van der Waals surface area contributed by atoms with Crippen LogP contribution >= 0.6 is 27.5 Å². The summed E-state index contributed by atoms with van der Waals surface area (Å²) >= 11 is 9.36. The van der Waals surface area contributed by atoms with Gasteiger partial charge in [-0.05, 0) is 17.7 Å². The Morgan fingerprint density at radius 2 is 2.27 bits per heavy atom. The number of nitrogens with zero attached hydrogens (tertiary/aromatic N) is 3. The molecule has 1 aromatic heterocycles. The highest BCUT2D eigenvalue weighted by Crippen LogP contribution is 2.27. The lowest BCUT2D eigenvalue weighted by Gasteiger charge is -2.09. The van der Waals surface area contributed by atoms with E-state index in [-0.39, 0.29) is 0 Å². The van der Waals surface area contributed by atoms with Crippen molar-refractivity contribution in [3.05, 3.63) is 39.1 Å². The lowest BCUT2D eigenvalue weighted by Crippen LogP contribution is -2.14. The summed E-state index contributed by atoms with van der Waals surface area (Å²) in [6, 6.07) is 5.00. The molecule has 0 spiro atoms. The molecule has 2 rings (SSSR count). The summed E-state index contributed by atoms with van der Waals surface area (Å²) in [5.41, 5.74) is 6.69. The van der Waals surface area contributed by atoms with Crippen LogP contribution in [0.3, 0.4) is 0 Å². The molecule has 0 aliphatic carbocycles. The van der Waals surface area contributed by atoms with E-state index in [1.54, 1.807) is 6.07 Å². The van der Waals surface area contributed by atoms with Crippen molar-refractivity contribution in [1.29, 1.82) is 0 Å². The third-order valence-corrected chi connectivity index (χ3v) is 2.76. The van der Waals surface area contributed by atoms with Gasteiger partial charge in [-0.2, -0.15) is 5.21 Å². The SMILES string of the molecule is NC(c1nn[nH]n1)c1ccc(Br)cc1Cl. The molecule has 0 aliphatic heterocycles. The van der Waals surface area contributed by atoms with Gasteiger partial charge in [-0.15, -0.1) is 10.2 Å². The topological polar surface area (TPSA) is 80.5 Å². The fourth-order valence-electron chi connectivity index (χ4n) is 1.19. The maximum atomic E-state index is 6.05. The van der Waals surface area contributed by atoms with E-state index in [2.05, 4.69) is 36.6 Å². The maximum Gasteiger partial charge on any atom is 0.195 e. The molecule has 0 bridgehead atoms. The molecule has 0 saturated carbocycles. The second-order valence-electron chi connectivity index (χ2n) is 2.91. The molecular formula is C8H7BrClN5. The van der Waals surface area contributed by atoms with E-state index in [9.17, 15) is 0 Å². The van der Waals surface area contributed by atoms with Gasteiger partial charge in [0.15, 0.2) is 5.82 Å². The third-order valence-electron chi connectivity index (χ3n) is 1.94. The average Bonchev–Trinajstić information content (AvgIpc) is 2.69. The zero-order valence-corrected chi connectivity index (χ0v) is 9.83. The first-order chi connectivity index (χ1) is 7.18. The molecule has 15 heavy (non-hydrogen) atoms. The number of benzene rings is 1. The number of hydrogen-bond donors (Lipinski definition) is 2. The molecule has 1 unspecified atom stereocenters. The van der Waals surface area contributed by atoms with Crippen LogP contribution in [0.25, 0.3) is 0 Å². The van der Waals surface area contributed by atoms with Gasteiger partial charge in [-0.1, -0.05) is 38.8 Å². The summed E-state index contributed by atoms with van der Waals surface area (Å²) in [6.45, 7) is 0. The van der Waals surface area contributed by atoms with Crippen molar-refractivity contribution >= 4 is 27.5 Å². The fourth-order valence-corrected chi connectivity index (χ4v) is 1.99. The van der Waals surface area contributed by atoms with Crippen molar-refractivity contribution in [2.24, 2.45) is 5.73 Å². The monoisotopic (exact) mass is 287 g/mol. The molecule has 7 heteroatoms. The Morgan fingerprint density at radius 1 is 1.47 bits per heavy atom. The quantitative estimate of drug-likeness (QED) is 0.881. The van der Waals surface area contributed by atoms with E-state index < -0.39 is 6.04 Å². The molecule has 5 nitrogen and oxygen atoms in total. The molecule has 3 N–H and O–H groups in total. The average molecular weight is 289 g/mol. The smallest absolute Gasteiger partial charge is 0.195 e. The first-order valence-electron chi connectivity index (χ1n) is 4.12. The van der Waals surface area contributed by atoms with E-state index >= 15 is 0 Å². The summed E-state index contributed by atoms with van der Waals surface area (Å²) in [5, 5.41) is 14.0. The predicted octanol–water partition coefficient (Wildman–Crippen LogP) is 1.66. The Morgan fingerprint density at radius 3 is 2.87 bits per heavy atom. The molecule has 1 aromatic carbocycles.